The molecule has 0 saturated carbocycles. The van der Waals surface area contributed by atoms with Gasteiger partial charge in [0, 0.05) is 24.6 Å². The van der Waals surface area contributed by atoms with Gasteiger partial charge in [-0.1, -0.05) is 0 Å². The smallest absolute Gasteiger partial charge is 0.405 e. The molecular weight excluding hydrogens is 325 g/mol. The van der Waals surface area contributed by atoms with Crippen LogP contribution in [0.4, 0.5) is 18.0 Å². The summed E-state index contributed by atoms with van der Waals surface area (Å²) < 4.78 is 41.4. The number of likely N-dealkylation sites (tertiary alicyclic amines) is 1. The van der Waals surface area contributed by atoms with Crippen molar-refractivity contribution >= 4 is 11.8 Å². The lowest BCUT2D eigenvalue weighted by Gasteiger charge is -2.31. The normalized spacial score (nSPS) is 15.9. The van der Waals surface area contributed by atoms with Crippen LogP contribution in [-0.2, 0) is 0 Å². The molecule has 1 aromatic carbocycles. The second-order valence-corrected chi connectivity index (χ2v) is 5.63. The summed E-state index contributed by atoms with van der Waals surface area (Å²) in [6.45, 7) is -0.830. The summed E-state index contributed by atoms with van der Waals surface area (Å²) in [6.07, 6.45) is -3.56. The fourth-order valence-corrected chi connectivity index (χ4v) is 2.62. The fourth-order valence-electron chi connectivity index (χ4n) is 2.62. The molecule has 1 heterocycles. The molecule has 0 radical (unpaired) electrons. The van der Waals surface area contributed by atoms with Gasteiger partial charge < -0.3 is 15.0 Å². The second-order valence-electron chi connectivity index (χ2n) is 5.63. The Kier molecular flexibility index (Phi) is 5.69. The molecule has 132 valence electrons. The molecule has 1 aliphatic rings. The molecule has 1 N–H and O–H groups in total. The first-order chi connectivity index (χ1) is 11.3. The van der Waals surface area contributed by atoms with Crippen LogP contribution in [0.2, 0.25) is 0 Å². The van der Waals surface area contributed by atoms with Crippen molar-refractivity contribution in [2.24, 2.45) is 5.92 Å². The molecule has 1 saturated heterocycles. The Morgan fingerprint density at radius 1 is 1.21 bits per heavy atom. The molecule has 2 rings (SSSR count). The number of ketones is 1. The summed E-state index contributed by atoms with van der Waals surface area (Å²) in [5.74, 6) is 0.403. The molecular formula is C16H19F3N2O3. The van der Waals surface area contributed by atoms with Crippen LogP contribution in [0.25, 0.3) is 0 Å². The van der Waals surface area contributed by atoms with Crippen LogP contribution in [0.3, 0.4) is 0 Å². The van der Waals surface area contributed by atoms with Crippen molar-refractivity contribution in [2.75, 3.05) is 26.7 Å². The van der Waals surface area contributed by atoms with E-state index in [4.69, 9.17) is 4.74 Å². The SMILES string of the molecule is COc1ccc(C(=O)C2CCN(C(=O)NCC(F)(F)F)CC2)cc1. The van der Waals surface area contributed by atoms with Crippen LogP contribution in [0.5, 0.6) is 5.75 Å². The third-order valence-electron chi connectivity index (χ3n) is 3.97. The van der Waals surface area contributed by atoms with E-state index in [1.54, 1.807) is 24.3 Å². The number of hydrogen-bond donors (Lipinski definition) is 1. The van der Waals surface area contributed by atoms with Gasteiger partial charge in [0.25, 0.3) is 0 Å². The Hall–Kier alpha value is -2.25. The summed E-state index contributed by atoms with van der Waals surface area (Å²) in [4.78, 5) is 25.4. The number of methoxy groups -OCH3 is 1. The Bertz CT molecular complexity index is 579. The van der Waals surface area contributed by atoms with E-state index in [1.807, 2.05) is 5.32 Å². The number of carbonyl (C=O) groups excluding carboxylic acids is 2. The van der Waals surface area contributed by atoms with Gasteiger partial charge in [-0.15, -0.1) is 0 Å². The lowest BCUT2D eigenvalue weighted by molar-refractivity contribution is -0.123. The molecule has 0 atom stereocenters. The molecule has 2 amide bonds. The highest BCUT2D eigenvalue weighted by Crippen LogP contribution is 2.23. The first-order valence-electron chi connectivity index (χ1n) is 7.58. The minimum atomic E-state index is -4.43. The maximum absolute atomic E-state index is 12.4. The molecule has 0 aliphatic carbocycles. The van der Waals surface area contributed by atoms with Gasteiger partial charge in [-0.25, -0.2) is 4.79 Å². The highest BCUT2D eigenvalue weighted by Gasteiger charge is 2.31. The van der Waals surface area contributed by atoms with Crippen molar-refractivity contribution in [1.29, 1.82) is 0 Å². The molecule has 8 heteroatoms. The van der Waals surface area contributed by atoms with Crippen molar-refractivity contribution < 1.29 is 27.5 Å². The Balaban J connectivity index is 1.85. The predicted octanol–water partition coefficient (Wildman–Crippen LogP) is 2.86. The standard InChI is InChI=1S/C16H19F3N2O3/c1-24-13-4-2-11(3-5-13)14(22)12-6-8-21(9-7-12)15(23)20-10-16(17,18)19/h2-5,12H,6-10H2,1H3,(H,20,23). The van der Waals surface area contributed by atoms with E-state index in [0.29, 0.717) is 24.2 Å². The Morgan fingerprint density at radius 2 is 1.79 bits per heavy atom. The number of alkyl halides is 3. The molecule has 5 nitrogen and oxygen atoms in total. The van der Waals surface area contributed by atoms with Crippen LogP contribution in [0, 0.1) is 5.92 Å². The quantitative estimate of drug-likeness (QED) is 0.855. The summed E-state index contributed by atoms with van der Waals surface area (Å²) in [6, 6.07) is 6.02. The van der Waals surface area contributed by atoms with E-state index >= 15 is 0 Å². The summed E-state index contributed by atoms with van der Waals surface area (Å²) >= 11 is 0. The van der Waals surface area contributed by atoms with Crippen LogP contribution in [0.15, 0.2) is 24.3 Å². The van der Waals surface area contributed by atoms with Crippen molar-refractivity contribution in [3.05, 3.63) is 29.8 Å². The largest absolute Gasteiger partial charge is 0.497 e. The van der Waals surface area contributed by atoms with Gasteiger partial charge >= 0.3 is 12.2 Å². The third kappa shape index (κ3) is 4.87. The van der Waals surface area contributed by atoms with Crippen molar-refractivity contribution in [1.82, 2.24) is 10.2 Å². The number of carbonyl (C=O) groups is 2. The number of urea groups is 1. The number of piperidine rings is 1. The highest BCUT2D eigenvalue weighted by atomic mass is 19.4. The average molecular weight is 344 g/mol. The predicted molar refractivity (Wildman–Crippen MR) is 81.1 cm³/mol. The minimum absolute atomic E-state index is 0.0204. The number of nitrogens with zero attached hydrogens (tertiary/aromatic N) is 1. The number of halogens is 3. The van der Waals surface area contributed by atoms with E-state index in [2.05, 4.69) is 0 Å². The van der Waals surface area contributed by atoms with Gasteiger partial charge in [-0.2, -0.15) is 13.2 Å². The number of nitrogens with one attached hydrogen (secondary N) is 1. The molecule has 24 heavy (non-hydrogen) atoms. The number of hydrogen-bond acceptors (Lipinski definition) is 3. The molecule has 1 fully saturated rings. The highest BCUT2D eigenvalue weighted by molar-refractivity contribution is 5.98. The van der Waals surface area contributed by atoms with Crippen LogP contribution in [-0.4, -0.2) is 49.6 Å². The van der Waals surface area contributed by atoms with E-state index in [9.17, 15) is 22.8 Å². The molecule has 0 unspecified atom stereocenters. The van der Waals surface area contributed by atoms with Gasteiger partial charge in [-0.3, -0.25) is 4.79 Å². The number of benzene rings is 1. The Morgan fingerprint density at radius 3 is 2.29 bits per heavy atom. The summed E-state index contributed by atoms with van der Waals surface area (Å²) in [7, 11) is 1.54. The van der Waals surface area contributed by atoms with Crippen molar-refractivity contribution in [2.45, 2.75) is 19.0 Å². The van der Waals surface area contributed by atoms with Gasteiger partial charge in [0.15, 0.2) is 5.78 Å². The maximum Gasteiger partial charge on any atom is 0.405 e. The Labute approximate surface area is 137 Å². The van der Waals surface area contributed by atoms with Gasteiger partial charge in [0.05, 0.1) is 7.11 Å². The van der Waals surface area contributed by atoms with Gasteiger partial charge in [0.1, 0.15) is 12.3 Å². The number of amides is 2. The molecule has 0 aromatic heterocycles. The van der Waals surface area contributed by atoms with Crippen LogP contribution < -0.4 is 10.1 Å². The van der Waals surface area contributed by atoms with E-state index in [-0.39, 0.29) is 24.8 Å². The molecule has 0 spiro atoms. The molecule has 1 aromatic rings. The van der Waals surface area contributed by atoms with Gasteiger partial charge in [-0.05, 0) is 37.1 Å². The number of Topliss-reactive ketones (excluding diaryl/α,β-unsaturated/α-hetero) is 1. The first-order valence-corrected chi connectivity index (χ1v) is 7.58. The topological polar surface area (TPSA) is 58.6 Å². The summed E-state index contributed by atoms with van der Waals surface area (Å²) in [5, 5.41) is 1.84. The van der Waals surface area contributed by atoms with E-state index in [0.717, 1.165) is 0 Å². The second kappa shape index (κ2) is 7.55. The van der Waals surface area contributed by atoms with Crippen molar-refractivity contribution in [3.8, 4) is 5.75 Å². The van der Waals surface area contributed by atoms with Crippen LogP contribution in [0.1, 0.15) is 23.2 Å². The van der Waals surface area contributed by atoms with Crippen LogP contribution >= 0.6 is 0 Å². The zero-order valence-electron chi connectivity index (χ0n) is 13.2. The fraction of sp³-hybridized carbons (Fsp3) is 0.500. The molecule has 0 bridgehead atoms. The lowest BCUT2D eigenvalue weighted by atomic mass is 9.89. The monoisotopic (exact) mass is 344 g/mol. The lowest BCUT2D eigenvalue weighted by Crippen LogP contribution is -2.47. The van der Waals surface area contributed by atoms with Gasteiger partial charge in [0.2, 0.25) is 0 Å². The minimum Gasteiger partial charge on any atom is -0.497 e. The third-order valence-corrected chi connectivity index (χ3v) is 3.97. The van der Waals surface area contributed by atoms with E-state index < -0.39 is 18.8 Å². The first kappa shape index (κ1) is 18.1. The molecule has 1 aliphatic heterocycles. The maximum atomic E-state index is 12.4. The van der Waals surface area contributed by atoms with Crippen molar-refractivity contribution in [3.63, 3.8) is 0 Å². The zero-order chi connectivity index (χ0) is 17.7. The average Bonchev–Trinajstić information content (AvgIpc) is 2.58. The number of rotatable bonds is 4. The summed E-state index contributed by atoms with van der Waals surface area (Å²) in [5.41, 5.74) is 0.566. The number of ether oxygens (including phenoxy) is 1. The zero-order valence-corrected chi connectivity index (χ0v) is 13.2. The van der Waals surface area contributed by atoms with E-state index in [1.165, 1.54) is 12.0 Å².